The summed E-state index contributed by atoms with van der Waals surface area (Å²) in [6.45, 7) is 6.17. The van der Waals surface area contributed by atoms with Gasteiger partial charge < -0.3 is 29.9 Å². The number of hydrogen-bond donors (Lipinski definition) is 2. The normalized spacial score (nSPS) is 16.6. The number of fused-ring (bicyclic) bond motifs is 1. The highest BCUT2D eigenvalue weighted by Gasteiger charge is 2.28. The molecule has 0 aliphatic carbocycles. The molecule has 0 bridgehead atoms. The third-order valence-electron chi connectivity index (χ3n) is 6.71. The quantitative estimate of drug-likeness (QED) is 0.539. The van der Waals surface area contributed by atoms with Crippen LogP contribution in [-0.4, -0.2) is 89.8 Å². The zero-order valence-electron chi connectivity index (χ0n) is 21.1. The SMILES string of the molecule is CCOC(=O)N1CCC(n2ncc3c(N4CCOCC4)nc(-c4ccc(NC(=O)NC)cc4)nc32)CC1. The van der Waals surface area contributed by atoms with E-state index in [4.69, 9.17) is 24.5 Å². The van der Waals surface area contributed by atoms with E-state index in [0.29, 0.717) is 44.4 Å². The first kappa shape index (κ1) is 24.8. The first-order valence-corrected chi connectivity index (χ1v) is 12.7. The molecule has 0 radical (unpaired) electrons. The minimum absolute atomic E-state index is 0.114. The van der Waals surface area contributed by atoms with Crippen LogP contribution in [0.5, 0.6) is 0 Å². The molecule has 196 valence electrons. The average Bonchev–Trinajstić information content (AvgIpc) is 3.37. The summed E-state index contributed by atoms with van der Waals surface area (Å²) in [4.78, 5) is 37.7. The predicted molar refractivity (Wildman–Crippen MR) is 139 cm³/mol. The number of carbonyl (C=O) groups excluding carboxylic acids is 2. The lowest BCUT2D eigenvalue weighted by atomic mass is 10.1. The first-order chi connectivity index (χ1) is 18.1. The Kier molecular flexibility index (Phi) is 7.35. The fourth-order valence-electron chi connectivity index (χ4n) is 4.73. The maximum absolute atomic E-state index is 12.1. The molecule has 2 saturated heterocycles. The van der Waals surface area contributed by atoms with Crippen LogP contribution in [-0.2, 0) is 9.47 Å². The molecule has 3 aromatic rings. The van der Waals surface area contributed by atoms with Gasteiger partial charge in [-0.3, -0.25) is 0 Å². The van der Waals surface area contributed by atoms with Gasteiger partial charge >= 0.3 is 12.1 Å². The number of urea groups is 1. The number of carbonyl (C=O) groups is 2. The molecule has 37 heavy (non-hydrogen) atoms. The molecule has 2 fully saturated rings. The molecule has 1 aromatic carbocycles. The molecule has 2 N–H and O–H groups in total. The number of benzene rings is 1. The summed E-state index contributed by atoms with van der Waals surface area (Å²) in [5, 5.41) is 10.9. The van der Waals surface area contributed by atoms with Crippen LogP contribution in [0.25, 0.3) is 22.4 Å². The Morgan fingerprint density at radius 2 is 1.81 bits per heavy atom. The fourth-order valence-corrected chi connectivity index (χ4v) is 4.73. The Balaban J connectivity index is 1.47. The topological polar surface area (TPSA) is 127 Å². The standard InChI is InChI=1S/C25H32N8O4/c1-3-37-25(35)32-10-8-19(9-11-32)33-23-20(16-27-33)22(31-12-14-36-15-13-31)29-21(30-23)17-4-6-18(7-5-17)28-24(34)26-2/h4-7,16,19H,3,8-15H2,1-2H3,(H2,26,28,34). The van der Waals surface area contributed by atoms with Crippen LogP contribution in [0, 0.1) is 0 Å². The van der Waals surface area contributed by atoms with Gasteiger partial charge in [0.1, 0.15) is 5.82 Å². The lowest BCUT2D eigenvalue weighted by Crippen LogP contribution is -2.39. The van der Waals surface area contributed by atoms with Crippen LogP contribution >= 0.6 is 0 Å². The number of likely N-dealkylation sites (tertiary alicyclic amines) is 1. The van der Waals surface area contributed by atoms with E-state index in [0.717, 1.165) is 48.3 Å². The van der Waals surface area contributed by atoms with Gasteiger partial charge in [-0.05, 0) is 44.0 Å². The Hall–Kier alpha value is -3.93. The van der Waals surface area contributed by atoms with E-state index < -0.39 is 0 Å². The Labute approximate surface area is 214 Å². The number of hydrogen-bond acceptors (Lipinski definition) is 8. The van der Waals surface area contributed by atoms with E-state index in [1.165, 1.54) is 0 Å². The molecule has 12 nitrogen and oxygen atoms in total. The molecule has 2 aliphatic rings. The maximum atomic E-state index is 12.1. The molecule has 0 saturated carbocycles. The van der Waals surface area contributed by atoms with Crippen molar-refractivity contribution in [1.82, 2.24) is 30.0 Å². The van der Waals surface area contributed by atoms with Crippen molar-refractivity contribution in [3.63, 3.8) is 0 Å². The lowest BCUT2D eigenvalue weighted by molar-refractivity contribution is 0.0919. The van der Waals surface area contributed by atoms with Crippen molar-refractivity contribution in [3.8, 4) is 11.4 Å². The molecule has 0 unspecified atom stereocenters. The van der Waals surface area contributed by atoms with Crippen molar-refractivity contribution in [2.75, 3.05) is 63.3 Å². The van der Waals surface area contributed by atoms with Crippen LogP contribution in [0.2, 0.25) is 0 Å². The minimum atomic E-state index is -0.280. The highest BCUT2D eigenvalue weighted by Crippen LogP contribution is 2.32. The highest BCUT2D eigenvalue weighted by molar-refractivity contribution is 5.90. The number of amides is 3. The molecule has 3 amide bonds. The van der Waals surface area contributed by atoms with Gasteiger partial charge in [-0.2, -0.15) is 5.10 Å². The van der Waals surface area contributed by atoms with Gasteiger partial charge in [0.2, 0.25) is 0 Å². The van der Waals surface area contributed by atoms with Crippen LogP contribution < -0.4 is 15.5 Å². The largest absolute Gasteiger partial charge is 0.450 e. The van der Waals surface area contributed by atoms with Gasteiger partial charge in [0, 0.05) is 44.5 Å². The summed E-state index contributed by atoms with van der Waals surface area (Å²) in [7, 11) is 1.57. The van der Waals surface area contributed by atoms with Crippen LogP contribution in [0.4, 0.5) is 21.1 Å². The van der Waals surface area contributed by atoms with E-state index in [1.807, 2.05) is 42.1 Å². The van der Waals surface area contributed by atoms with Crippen molar-refractivity contribution in [2.45, 2.75) is 25.8 Å². The molecular weight excluding hydrogens is 476 g/mol. The van der Waals surface area contributed by atoms with Crippen molar-refractivity contribution >= 4 is 34.7 Å². The van der Waals surface area contributed by atoms with Crippen LogP contribution in [0.3, 0.4) is 0 Å². The van der Waals surface area contributed by atoms with Crippen molar-refractivity contribution in [1.29, 1.82) is 0 Å². The maximum Gasteiger partial charge on any atom is 0.409 e. The summed E-state index contributed by atoms with van der Waals surface area (Å²) in [6.07, 6.45) is 3.11. The number of aromatic nitrogens is 4. The van der Waals surface area contributed by atoms with Gasteiger partial charge in [0.15, 0.2) is 11.5 Å². The molecule has 2 aliphatic heterocycles. The third-order valence-corrected chi connectivity index (χ3v) is 6.71. The molecule has 0 atom stereocenters. The van der Waals surface area contributed by atoms with E-state index in [-0.39, 0.29) is 18.2 Å². The van der Waals surface area contributed by atoms with Crippen molar-refractivity contribution in [3.05, 3.63) is 30.5 Å². The number of nitrogens with zero attached hydrogens (tertiary/aromatic N) is 6. The smallest absolute Gasteiger partial charge is 0.409 e. The summed E-state index contributed by atoms with van der Waals surface area (Å²) < 4.78 is 12.7. The number of ether oxygens (including phenoxy) is 2. The molecule has 2 aromatic heterocycles. The highest BCUT2D eigenvalue weighted by atomic mass is 16.6. The van der Waals surface area contributed by atoms with Crippen LogP contribution in [0.15, 0.2) is 30.5 Å². The second-order valence-corrected chi connectivity index (χ2v) is 9.00. The fraction of sp³-hybridized carbons (Fsp3) is 0.480. The van der Waals surface area contributed by atoms with Gasteiger partial charge in [0.25, 0.3) is 0 Å². The zero-order chi connectivity index (χ0) is 25.8. The van der Waals surface area contributed by atoms with E-state index in [9.17, 15) is 9.59 Å². The summed E-state index contributed by atoms with van der Waals surface area (Å²) in [6, 6.07) is 7.28. The number of rotatable bonds is 5. The first-order valence-electron chi connectivity index (χ1n) is 12.7. The second-order valence-electron chi connectivity index (χ2n) is 9.00. The van der Waals surface area contributed by atoms with E-state index in [1.54, 1.807) is 11.9 Å². The van der Waals surface area contributed by atoms with Crippen molar-refractivity contribution < 1.29 is 19.1 Å². The molecule has 4 heterocycles. The average molecular weight is 509 g/mol. The zero-order valence-corrected chi connectivity index (χ0v) is 21.1. The molecular formula is C25H32N8O4. The predicted octanol–water partition coefficient (Wildman–Crippen LogP) is 2.87. The summed E-state index contributed by atoms with van der Waals surface area (Å²) >= 11 is 0. The lowest BCUT2D eigenvalue weighted by Gasteiger charge is -2.31. The van der Waals surface area contributed by atoms with E-state index >= 15 is 0 Å². The Morgan fingerprint density at radius 1 is 1.08 bits per heavy atom. The summed E-state index contributed by atoms with van der Waals surface area (Å²) in [5.74, 6) is 1.43. The van der Waals surface area contributed by atoms with Crippen LogP contribution in [0.1, 0.15) is 25.8 Å². The molecule has 5 rings (SSSR count). The van der Waals surface area contributed by atoms with E-state index in [2.05, 4.69) is 15.5 Å². The minimum Gasteiger partial charge on any atom is -0.450 e. The number of piperidine rings is 1. The number of nitrogens with one attached hydrogen (secondary N) is 2. The van der Waals surface area contributed by atoms with Gasteiger partial charge in [-0.25, -0.2) is 24.2 Å². The molecule has 0 spiro atoms. The number of anilines is 2. The third kappa shape index (κ3) is 5.29. The summed E-state index contributed by atoms with van der Waals surface area (Å²) in [5.41, 5.74) is 2.29. The Bertz CT molecular complexity index is 1250. The molecule has 12 heteroatoms. The van der Waals surface area contributed by atoms with Gasteiger partial charge in [-0.15, -0.1) is 0 Å². The van der Waals surface area contributed by atoms with Crippen molar-refractivity contribution in [2.24, 2.45) is 0 Å². The second kappa shape index (κ2) is 11.0. The monoisotopic (exact) mass is 508 g/mol. The van der Waals surface area contributed by atoms with Gasteiger partial charge in [0.05, 0.1) is 37.4 Å². The number of morpholine rings is 1. The Morgan fingerprint density at radius 3 is 2.49 bits per heavy atom. The van der Waals surface area contributed by atoms with Gasteiger partial charge in [-0.1, -0.05) is 0 Å².